The third-order valence-electron chi connectivity index (χ3n) is 6.29. The van der Waals surface area contributed by atoms with E-state index in [9.17, 15) is 14.0 Å². The van der Waals surface area contributed by atoms with E-state index in [1.807, 2.05) is 30.3 Å². The first kappa shape index (κ1) is 27.8. The number of para-hydroxylation sites is 1. The molecular weight excluding hydrogens is 574 g/mol. The lowest BCUT2D eigenvalue weighted by atomic mass is 9.96. The van der Waals surface area contributed by atoms with Crippen LogP contribution in [0.3, 0.4) is 0 Å². The summed E-state index contributed by atoms with van der Waals surface area (Å²) in [6.07, 6.45) is 1.74. The van der Waals surface area contributed by atoms with E-state index in [-0.39, 0.29) is 24.3 Å². The van der Waals surface area contributed by atoms with E-state index < -0.39 is 17.8 Å². The maximum atomic E-state index is 13.8. The summed E-state index contributed by atoms with van der Waals surface area (Å²) in [7, 11) is 0. The van der Waals surface area contributed by atoms with Crippen LogP contribution in [0, 0.1) is 5.82 Å². The average molecular weight is 597 g/mol. The number of fused-ring (bicyclic) bond motifs is 1. The quantitative estimate of drug-likeness (QED) is 0.252. The van der Waals surface area contributed by atoms with Gasteiger partial charge >= 0.3 is 5.97 Å². The molecule has 0 saturated heterocycles. The van der Waals surface area contributed by atoms with E-state index in [0.29, 0.717) is 42.0 Å². The van der Waals surface area contributed by atoms with Gasteiger partial charge in [0.25, 0.3) is 5.56 Å². The second-order valence-electron chi connectivity index (χ2n) is 8.93. The first-order chi connectivity index (χ1) is 19.3. The Morgan fingerprint density at radius 1 is 1.10 bits per heavy atom. The van der Waals surface area contributed by atoms with E-state index in [4.69, 9.17) is 32.7 Å². The van der Waals surface area contributed by atoms with Crippen molar-refractivity contribution in [3.8, 4) is 5.75 Å². The Kier molecular flexibility index (Phi) is 8.21. The number of allylic oxidation sites excluding steroid dienone is 1. The highest BCUT2D eigenvalue weighted by Gasteiger charge is 2.33. The zero-order chi connectivity index (χ0) is 28.4. The van der Waals surface area contributed by atoms with Crippen LogP contribution < -0.4 is 19.6 Å². The zero-order valence-electron chi connectivity index (χ0n) is 21.5. The number of benzene rings is 3. The molecule has 0 amide bonds. The van der Waals surface area contributed by atoms with Crippen LogP contribution in [0.15, 0.2) is 87.8 Å². The van der Waals surface area contributed by atoms with Crippen molar-refractivity contribution >= 4 is 46.6 Å². The van der Waals surface area contributed by atoms with Gasteiger partial charge in [-0.2, -0.15) is 0 Å². The van der Waals surface area contributed by atoms with Gasteiger partial charge < -0.3 is 9.47 Å². The first-order valence-corrected chi connectivity index (χ1v) is 13.9. The van der Waals surface area contributed by atoms with Crippen LogP contribution in [-0.2, 0) is 16.1 Å². The number of carbonyl (C=O) groups is 1. The molecular formula is C30H23Cl2FN2O4S. The Hall–Kier alpha value is -3.72. The number of halogens is 3. The minimum atomic E-state index is -0.820. The highest BCUT2D eigenvalue weighted by atomic mass is 35.5. The molecule has 0 saturated carbocycles. The fourth-order valence-corrected chi connectivity index (χ4v) is 5.77. The molecule has 5 rings (SSSR count). The third-order valence-corrected chi connectivity index (χ3v) is 8.01. The van der Waals surface area contributed by atoms with Gasteiger partial charge in [0.05, 0.1) is 38.5 Å². The second-order valence-corrected chi connectivity index (χ2v) is 10.8. The van der Waals surface area contributed by atoms with E-state index in [0.717, 1.165) is 5.56 Å². The molecule has 0 radical (unpaired) electrons. The van der Waals surface area contributed by atoms with Crippen LogP contribution >= 0.6 is 34.5 Å². The summed E-state index contributed by atoms with van der Waals surface area (Å²) in [5, 5.41) is 0.895. The van der Waals surface area contributed by atoms with Crippen molar-refractivity contribution in [1.29, 1.82) is 0 Å². The Bertz CT molecular complexity index is 1810. The highest BCUT2D eigenvalue weighted by molar-refractivity contribution is 7.07. The lowest BCUT2D eigenvalue weighted by Crippen LogP contribution is -2.39. The molecule has 0 fully saturated rings. The molecule has 0 bridgehead atoms. The predicted molar refractivity (Wildman–Crippen MR) is 154 cm³/mol. The minimum absolute atomic E-state index is 0.162. The summed E-state index contributed by atoms with van der Waals surface area (Å²) < 4.78 is 27.0. The SMILES string of the molecule is CCOC(=O)C1=C(C)N=c2s/c(=C\c3ccccc3OCc3ccc(Cl)c(Cl)c3)c(=O)n2[C@H]1c1ccc(F)cc1. The van der Waals surface area contributed by atoms with E-state index in [2.05, 4.69) is 4.99 Å². The number of rotatable bonds is 7. The number of hydrogen-bond acceptors (Lipinski definition) is 6. The number of nitrogens with zero attached hydrogens (tertiary/aromatic N) is 2. The monoisotopic (exact) mass is 596 g/mol. The summed E-state index contributed by atoms with van der Waals surface area (Å²) in [4.78, 5) is 31.8. The average Bonchev–Trinajstić information content (AvgIpc) is 3.24. The summed E-state index contributed by atoms with van der Waals surface area (Å²) in [6, 6.07) is 17.5. The fraction of sp³-hybridized carbons (Fsp3) is 0.167. The topological polar surface area (TPSA) is 69.9 Å². The molecule has 40 heavy (non-hydrogen) atoms. The molecule has 0 spiro atoms. The molecule has 1 aliphatic rings. The van der Waals surface area contributed by atoms with Gasteiger partial charge in [0.2, 0.25) is 0 Å². The smallest absolute Gasteiger partial charge is 0.338 e. The molecule has 1 aliphatic heterocycles. The van der Waals surface area contributed by atoms with Gasteiger partial charge in [-0.1, -0.05) is 70.9 Å². The Morgan fingerprint density at radius 3 is 2.58 bits per heavy atom. The van der Waals surface area contributed by atoms with Crippen molar-refractivity contribution in [1.82, 2.24) is 4.57 Å². The van der Waals surface area contributed by atoms with Gasteiger partial charge in [0.15, 0.2) is 4.80 Å². The molecule has 204 valence electrons. The van der Waals surface area contributed by atoms with Gasteiger partial charge in [-0.3, -0.25) is 9.36 Å². The van der Waals surface area contributed by atoms with Gasteiger partial charge in [0.1, 0.15) is 18.2 Å². The van der Waals surface area contributed by atoms with Crippen molar-refractivity contribution < 1.29 is 18.7 Å². The molecule has 2 heterocycles. The summed E-state index contributed by atoms with van der Waals surface area (Å²) in [5.41, 5.74) is 2.42. The number of hydrogen-bond donors (Lipinski definition) is 0. The van der Waals surface area contributed by atoms with Crippen molar-refractivity contribution in [2.45, 2.75) is 26.5 Å². The molecule has 0 aliphatic carbocycles. The fourth-order valence-electron chi connectivity index (χ4n) is 4.41. The maximum absolute atomic E-state index is 13.8. The van der Waals surface area contributed by atoms with Crippen LogP contribution in [0.2, 0.25) is 10.0 Å². The lowest BCUT2D eigenvalue weighted by molar-refractivity contribution is -0.139. The van der Waals surface area contributed by atoms with Crippen molar-refractivity contribution in [3.63, 3.8) is 0 Å². The summed E-state index contributed by atoms with van der Waals surface area (Å²) in [5.74, 6) is -0.432. The minimum Gasteiger partial charge on any atom is -0.488 e. The van der Waals surface area contributed by atoms with Crippen LogP contribution in [0.5, 0.6) is 5.75 Å². The largest absolute Gasteiger partial charge is 0.488 e. The predicted octanol–water partition coefficient (Wildman–Crippen LogP) is 5.82. The maximum Gasteiger partial charge on any atom is 0.338 e. The Balaban J connectivity index is 1.58. The number of aromatic nitrogens is 1. The van der Waals surface area contributed by atoms with E-state index in [1.54, 1.807) is 44.2 Å². The molecule has 0 N–H and O–H groups in total. The number of esters is 1. The third kappa shape index (κ3) is 5.61. The van der Waals surface area contributed by atoms with Crippen molar-refractivity contribution in [2.24, 2.45) is 4.99 Å². The summed E-state index contributed by atoms with van der Waals surface area (Å²) >= 11 is 13.3. The lowest BCUT2D eigenvalue weighted by Gasteiger charge is -2.24. The van der Waals surface area contributed by atoms with Gasteiger partial charge in [-0.05, 0) is 61.4 Å². The van der Waals surface area contributed by atoms with Crippen LogP contribution in [0.25, 0.3) is 6.08 Å². The molecule has 6 nitrogen and oxygen atoms in total. The van der Waals surface area contributed by atoms with Crippen molar-refractivity contribution in [2.75, 3.05) is 6.61 Å². The zero-order valence-corrected chi connectivity index (χ0v) is 23.8. The molecule has 3 aromatic carbocycles. The van der Waals surface area contributed by atoms with E-state index in [1.165, 1.54) is 28.0 Å². The Morgan fingerprint density at radius 2 is 1.85 bits per heavy atom. The number of ether oxygens (including phenoxy) is 2. The van der Waals surface area contributed by atoms with Crippen LogP contribution in [0.4, 0.5) is 4.39 Å². The second kappa shape index (κ2) is 11.8. The molecule has 1 atom stereocenters. The van der Waals surface area contributed by atoms with Crippen LogP contribution in [0.1, 0.15) is 36.6 Å². The molecule has 1 aromatic heterocycles. The van der Waals surface area contributed by atoms with Crippen molar-refractivity contribution in [3.05, 3.63) is 130 Å². The molecule has 0 unspecified atom stereocenters. The normalized spacial score (nSPS) is 15.0. The van der Waals surface area contributed by atoms with E-state index >= 15 is 0 Å². The molecule has 10 heteroatoms. The van der Waals surface area contributed by atoms with Gasteiger partial charge in [-0.15, -0.1) is 0 Å². The standard InChI is InChI=1S/C30H23Cl2FN2O4S/c1-3-38-29(37)26-17(2)34-30-35(27(26)19-9-11-21(33)12-10-19)28(36)25(40-30)15-20-6-4-5-7-24(20)39-16-18-8-13-22(31)23(32)14-18/h4-15,27H,3,16H2,1-2H3/b25-15-/t27-/m0/s1. The van der Waals surface area contributed by atoms with Crippen LogP contribution in [-0.4, -0.2) is 17.1 Å². The molecule has 4 aromatic rings. The first-order valence-electron chi connectivity index (χ1n) is 12.4. The highest BCUT2D eigenvalue weighted by Crippen LogP contribution is 2.31. The summed E-state index contributed by atoms with van der Waals surface area (Å²) in [6.45, 7) is 3.81. The van der Waals surface area contributed by atoms with Gasteiger partial charge in [-0.25, -0.2) is 14.2 Å². The Labute approximate surface area is 243 Å². The number of thiazole rings is 1. The van der Waals surface area contributed by atoms with Gasteiger partial charge in [0, 0.05) is 5.56 Å². The number of carbonyl (C=O) groups excluding carboxylic acids is 1.